The first-order chi connectivity index (χ1) is 14.1. The zero-order chi connectivity index (χ0) is 20.2. The molecule has 0 radical (unpaired) electrons. The van der Waals surface area contributed by atoms with Crippen LogP contribution in [0.25, 0.3) is 11.0 Å². The Kier molecular flexibility index (Phi) is 5.20. The van der Waals surface area contributed by atoms with Crippen LogP contribution in [0.15, 0.2) is 66.0 Å². The fraction of sp³-hybridized carbons (Fsp3) is 0.182. The number of carbonyl (C=O) groups excluding carboxylic acids is 1. The van der Waals surface area contributed by atoms with Crippen LogP contribution < -0.4 is 5.43 Å². The average Bonchev–Trinajstić information content (AvgIpc) is 3.25. The molecular weight excluding hydrogens is 364 g/mol. The number of fused-ring (bicyclic) bond motifs is 1. The van der Waals surface area contributed by atoms with Gasteiger partial charge in [-0.2, -0.15) is 10.2 Å². The summed E-state index contributed by atoms with van der Waals surface area (Å²) >= 11 is 0. The van der Waals surface area contributed by atoms with Gasteiger partial charge in [-0.1, -0.05) is 42.5 Å². The van der Waals surface area contributed by atoms with E-state index in [1.54, 1.807) is 17.1 Å². The summed E-state index contributed by atoms with van der Waals surface area (Å²) in [4.78, 5) is 16.6. The second kappa shape index (κ2) is 8.10. The highest BCUT2D eigenvalue weighted by Crippen LogP contribution is 2.13. The van der Waals surface area contributed by atoms with E-state index >= 15 is 0 Å². The molecule has 0 aliphatic carbocycles. The third kappa shape index (κ3) is 4.08. The molecule has 2 aromatic carbocycles. The highest BCUT2D eigenvalue weighted by Gasteiger charge is 2.11. The number of carbonyl (C=O) groups is 1. The van der Waals surface area contributed by atoms with Gasteiger partial charge in [0, 0.05) is 11.3 Å². The molecular formula is C22H22N6O. The summed E-state index contributed by atoms with van der Waals surface area (Å²) in [5.74, 6) is -0.212. The number of aryl methyl sites for hydroxylation is 1. The third-order valence-corrected chi connectivity index (χ3v) is 4.84. The Morgan fingerprint density at radius 3 is 2.69 bits per heavy atom. The van der Waals surface area contributed by atoms with Crippen molar-refractivity contribution in [2.24, 2.45) is 5.10 Å². The van der Waals surface area contributed by atoms with E-state index in [1.165, 1.54) is 5.56 Å². The Morgan fingerprint density at radius 1 is 1.10 bits per heavy atom. The van der Waals surface area contributed by atoms with Crippen LogP contribution in [0, 0.1) is 13.8 Å². The molecule has 7 nitrogen and oxygen atoms in total. The Bertz CT molecular complexity index is 1170. The smallest absolute Gasteiger partial charge is 0.260 e. The highest BCUT2D eigenvalue weighted by molar-refractivity contribution is 5.85. The summed E-state index contributed by atoms with van der Waals surface area (Å²) < 4.78 is 3.75. The van der Waals surface area contributed by atoms with Gasteiger partial charge in [-0.05, 0) is 31.5 Å². The van der Waals surface area contributed by atoms with Gasteiger partial charge in [0.2, 0.25) is 0 Å². The van der Waals surface area contributed by atoms with Crippen LogP contribution in [0.5, 0.6) is 0 Å². The summed E-state index contributed by atoms with van der Waals surface area (Å²) in [6.07, 6.45) is 3.32. The van der Waals surface area contributed by atoms with Gasteiger partial charge >= 0.3 is 0 Å². The van der Waals surface area contributed by atoms with Crippen LogP contribution in [0.4, 0.5) is 0 Å². The van der Waals surface area contributed by atoms with Crippen molar-refractivity contribution in [1.29, 1.82) is 0 Å². The number of hydrogen-bond acceptors (Lipinski definition) is 4. The zero-order valence-electron chi connectivity index (χ0n) is 16.4. The van der Waals surface area contributed by atoms with Crippen molar-refractivity contribution in [2.75, 3.05) is 0 Å². The van der Waals surface area contributed by atoms with Crippen LogP contribution in [0.3, 0.4) is 0 Å². The van der Waals surface area contributed by atoms with Gasteiger partial charge in [0.1, 0.15) is 6.54 Å². The molecule has 4 rings (SSSR count). The van der Waals surface area contributed by atoms with Crippen molar-refractivity contribution in [3.05, 3.63) is 83.4 Å². The summed E-state index contributed by atoms with van der Waals surface area (Å²) in [6.45, 7) is 4.80. The molecule has 0 fully saturated rings. The maximum Gasteiger partial charge on any atom is 0.260 e. The normalized spacial score (nSPS) is 11.4. The number of imidazole rings is 1. The highest BCUT2D eigenvalue weighted by atomic mass is 16.2. The van der Waals surface area contributed by atoms with Gasteiger partial charge in [-0.15, -0.1) is 0 Å². The van der Waals surface area contributed by atoms with Crippen LogP contribution in [0.2, 0.25) is 0 Å². The predicted molar refractivity (Wildman–Crippen MR) is 113 cm³/mol. The van der Waals surface area contributed by atoms with E-state index in [0.29, 0.717) is 6.54 Å². The minimum atomic E-state index is -0.212. The largest absolute Gasteiger partial charge is 0.321 e. The van der Waals surface area contributed by atoms with Crippen LogP contribution >= 0.6 is 0 Å². The summed E-state index contributed by atoms with van der Waals surface area (Å²) in [6, 6.07) is 17.9. The Balaban J connectivity index is 1.42. The van der Waals surface area contributed by atoms with Gasteiger partial charge in [0.25, 0.3) is 5.91 Å². The molecule has 29 heavy (non-hydrogen) atoms. The molecule has 0 spiro atoms. The summed E-state index contributed by atoms with van der Waals surface area (Å²) in [7, 11) is 0. The van der Waals surface area contributed by atoms with Gasteiger partial charge in [0.05, 0.1) is 35.8 Å². The number of hydrogen-bond donors (Lipinski definition) is 1. The van der Waals surface area contributed by atoms with E-state index in [-0.39, 0.29) is 12.5 Å². The Hall–Kier alpha value is -3.74. The van der Waals surface area contributed by atoms with E-state index in [2.05, 4.69) is 32.7 Å². The molecule has 7 heteroatoms. The minimum Gasteiger partial charge on any atom is -0.321 e. The quantitative estimate of drug-likeness (QED) is 0.409. The number of aromatic nitrogens is 4. The number of amides is 1. The summed E-state index contributed by atoms with van der Waals surface area (Å²) in [5.41, 5.74) is 8.34. The third-order valence-electron chi connectivity index (χ3n) is 4.84. The van der Waals surface area contributed by atoms with E-state index in [0.717, 1.165) is 28.0 Å². The van der Waals surface area contributed by atoms with Gasteiger partial charge in [-0.3, -0.25) is 9.48 Å². The molecule has 0 bridgehead atoms. The lowest BCUT2D eigenvalue weighted by atomic mass is 10.2. The molecule has 146 valence electrons. The lowest BCUT2D eigenvalue weighted by Gasteiger charge is -2.04. The fourth-order valence-electron chi connectivity index (χ4n) is 3.30. The molecule has 4 aromatic rings. The number of para-hydroxylation sites is 2. The van der Waals surface area contributed by atoms with Crippen LogP contribution in [-0.2, 0) is 17.9 Å². The first-order valence-electron chi connectivity index (χ1n) is 9.41. The zero-order valence-corrected chi connectivity index (χ0v) is 16.4. The lowest BCUT2D eigenvalue weighted by Crippen LogP contribution is -2.22. The number of hydrazone groups is 1. The molecule has 0 saturated heterocycles. The number of benzene rings is 2. The number of nitrogens with one attached hydrogen (secondary N) is 1. The molecule has 2 aromatic heterocycles. The Labute approximate surface area is 168 Å². The minimum absolute atomic E-state index is 0.156. The van der Waals surface area contributed by atoms with E-state index in [9.17, 15) is 4.79 Å². The van der Waals surface area contributed by atoms with Crippen molar-refractivity contribution in [2.45, 2.75) is 26.9 Å². The Morgan fingerprint density at radius 2 is 1.86 bits per heavy atom. The van der Waals surface area contributed by atoms with Crippen molar-refractivity contribution < 1.29 is 4.79 Å². The molecule has 0 unspecified atom stereocenters. The molecule has 0 atom stereocenters. The molecule has 0 aliphatic rings. The SMILES string of the molecule is Cc1nn(Cc2ccccc2)c(C)c1/C=N/NC(=O)Cn1cnc2ccccc21. The second-order valence-electron chi connectivity index (χ2n) is 6.88. The summed E-state index contributed by atoms with van der Waals surface area (Å²) in [5, 5.41) is 8.73. The number of nitrogens with zero attached hydrogens (tertiary/aromatic N) is 5. The van der Waals surface area contributed by atoms with Crippen molar-refractivity contribution in [1.82, 2.24) is 24.8 Å². The van der Waals surface area contributed by atoms with Crippen LogP contribution in [-0.4, -0.2) is 31.5 Å². The second-order valence-corrected chi connectivity index (χ2v) is 6.88. The molecule has 2 heterocycles. The first kappa shape index (κ1) is 18.6. The van der Waals surface area contributed by atoms with Gasteiger partial charge in [-0.25, -0.2) is 10.4 Å². The molecule has 1 amide bonds. The molecule has 0 saturated carbocycles. The topological polar surface area (TPSA) is 77.1 Å². The van der Waals surface area contributed by atoms with E-state index in [4.69, 9.17) is 0 Å². The maximum atomic E-state index is 12.3. The van der Waals surface area contributed by atoms with Crippen molar-refractivity contribution in [3.63, 3.8) is 0 Å². The van der Waals surface area contributed by atoms with Crippen LogP contribution in [0.1, 0.15) is 22.5 Å². The van der Waals surface area contributed by atoms with E-state index in [1.807, 2.05) is 61.0 Å². The monoisotopic (exact) mass is 386 g/mol. The standard InChI is InChI=1S/C22H22N6O/c1-16-19(17(2)28(26-16)13-18-8-4-3-5-9-18)12-24-25-22(29)14-27-15-23-20-10-6-7-11-21(20)27/h3-12,15H,13-14H2,1-2H3,(H,25,29)/b24-12+. The first-order valence-corrected chi connectivity index (χ1v) is 9.41. The predicted octanol–water partition coefficient (Wildman–Crippen LogP) is 3.05. The lowest BCUT2D eigenvalue weighted by molar-refractivity contribution is -0.121. The van der Waals surface area contributed by atoms with Gasteiger partial charge in [0.15, 0.2) is 0 Å². The van der Waals surface area contributed by atoms with Crippen molar-refractivity contribution >= 4 is 23.2 Å². The maximum absolute atomic E-state index is 12.3. The fourth-order valence-corrected chi connectivity index (χ4v) is 3.30. The molecule has 0 aliphatic heterocycles. The van der Waals surface area contributed by atoms with Crippen molar-refractivity contribution in [3.8, 4) is 0 Å². The number of rotatable bonds is 6. The average molecular weight is 386 g/mol. The van der Waals surface area contributed by atoms with Gasteiger partial charge < -0.3 is 4.57 Å². The molecule has 1 N–H and O–H groups in total. The van der Waals surface area contributed by atoms with E-state index < -0.39 is 0 Å².